The molecule has 1 heterocycles. The Morgan fingerprint density at radius 2 is 2.20 bits per heavy atom. The summed E-state index contributed by atoms with van der Waals surface area (Å²) >= 11 is 0. The minimum absolute atomic E-state index is 0.491. The summed E-state index contributed by atoms with van der Waals surface area (Å²) in [6.07, 6.45) is 5.34. The SMILES string of the molecule is CCCCCn1ncnc1CNC(C)C. The maximum atomic E-state index is 4.26. The Hall–Kier alpha value is -0.900. The lowest BCUT2D eigenvalue weighted by Gasteiger charge is -2.09. The molecule has 0 spiro atoms. The zero-order chi connectivity index (χ0) is 11.1. The van der Waals surface area contributed by atoms with E-state index < -0.39 is 0 Å². The van der Waals surface area contributed by atoms with Crippen LogP contribution in [0.3, 0.4) is 0 Å². The van der Waals surface area contributed by atoms with Crippen LogP contribution >= 0.6 is 0 Å². The molecule has 0 saturated heterocycles. The van der Waals surface area contributed by atoms with E-state index in [1.165, 1.54) is 19.3 Å². The molecule has 0 amide bonds. The van der Waals surface area contributed by atoms with E-state index in [0.29, 0.717) is 6.04 Å². The van der Waals surface area contributed by atoms with E-state index in [1.54, 1.807) is 6.33 Å². The molecule has 0 atom stereocenters. The van der Waals surface area contributed by atoms with Crippen LogP contribution in [0.5, 0.6) is 0 Å². The van der Waals surface area contributed by atoms with Gasteiger partial charge >= 0.3 is 0 Å². The number of nitrogens with one attached hydrogen (secondary N) is 1. The predicted octanol–water partition coefficient (Wildman–Crippen LogP) is 1.97. The molecule has 0 fully saturated rings. The van der Waals surface area contributed by atoms with Crippen LogP contribution in [0.2, 0.25) is 0 Å². The topological polar surface area (TPSA) is 42.7 Å². The van der Waals surface area contributed by atoms with Gasteiger partial charge in [-0.2, -0.15) is 5.10 Å². The first-order valence-corrected chi connectivity index (χ1v) is 5.84. The lowest BCUT2D eigenvalue weighted by atomic mass is 10.2. The number of aryl methyl sites for hydroxylation is 1. The monoisotopic (exact) mass is 210 g/mol. The molecule has 4 nitrogen and oxygen atoms in total. The standard InChI is InChI=1S/C11H22N4/c1-4-5-6-7-15-11(13-9-14-15)8-12-10(2)3/h9-10,12H,4-8H2,1-3H3. The molecule has 15 heavy (non-hydrogen) atoms. The fraction of sp³-hybridized carbons (Fsp3) is 0.818. The molecule has 86 valence electrons. The van der Waals surface area contributed by atoms with Gasteiger partial charge in [0, 0.05) is 12.6 Å². The quantitative estimate of drug-likeness (QED) is 0.700. The molecular formula is C11H22N4. The molecule has 1 N–H and O–H groups in total. The first-order valence-electron chi connectivity index (χ1n) is 5.84. The second kappa shape index (κ2) is 6.56. The van der Waals surface area contributed by atoms with Gasteiger partial charge in [-0.05, 0) is 6.42 Å². The smallest absolute Gasteiger partial charge is 0.140 e. The largest absolute Gasteiger partial charge is 0.308 e. The van der Waals surface area contributed by atoms with Gasteiger partial charge in [-0.25, -0.2) is 9.67 Å². The average Bonchev–Trinajstić information content (AvgIpc) is 2.63. The zero-order valence-corrected chi connectivity index (χ0v) is 10.0. The number of hydrogen-bond acceptors (Lipinski definition) is 3. The number of rotatable bonds is 7. The highest BCUT2D eigenvalue weighted by atomic mass is 15.3. The van der Waals surface area contributed by atoms with Crippen molar-refractivity contribution >= 4 is 0 Å². The second-order valence-corrected chi connectivity index (χ2v) is 4.14. The summed E-state index contributed by atoms with van der Waals surface area (Å²) in [4.78, 5) is 4.26. The predicted molar refractivity (Wildman–Crippen MR) is 61.5 cm³/mol. The van der Waals surface area contributed by atoms with Crippen molar-refractivity contribution in [2.24, 2.45) is 0 Å². The van der Waals surface area contributed by atoms with Crippen LogP contribution in [-0.2, 0) is 13.1 Å². The highest BCUT2D eigenvalue weighted by Crippen LogP contribution is 2.00. The summed E-state index contributed by atoms with van der Waals surface area (Å²) in [6.45, 7) is 8.28. The van der Waals surface area contributed by atoms with E-state index in [-0.39, 0.29) is 0 Å². The normalized spacial score (nSPS) is 11.2. The number of aromatic nitrogens is 3. The van der Waals surface area contributed by atoms with E-state index in [9.17, 15) is 0 Å². The molecule has 0 aromatic carbocycles. The molecule has 0 saturated carbocycles. The van der Waals surface area contributed by atoms with Crippen molar-refractivity contribution in [1.29, 1.82) is 0 Å². The minimum atomic E-state index is 0.491. The summed E-state index contributed by atoms with van der Waals surface area (Å²) in [5.74, 6) is 1.04. The Balaban J connectivity index is 2.39. The molecule has 4 heteroatoms. The average molecular weight is 210 g/mol. The molecular weight excluding hydrogens is 188 g/mol. The van der Waals surface area contributed by atoms with Gasteiger partial charge in [0.2, 0.25) is 0 Å². The summed E-state index contributed by atoms with van der Waals surface area (Å²) in [5, 5.41) is 7.59. The third-order valence-corrected chi connectivity index (χ3v) is 2.34. The van der Waals surface area contributed by atoms with E-state index >= 15 is 0 Å². The summed E-state index contributed by atoms with van der Waals surface area (Å²) in [6, 6.07) is 0.491. The highest BCUT2D eigenvalue weighted by molar-refractivity contribution is 4.84. The molecule has 0 bridgehead atoms. The van der Waals surface area contributed by atoms with Crippen molar-refractivity contribution in [3.63, 3.8) is 0 Å². The van der Waals surface area contributed by atoms with Gasteiger partial charge in [-0.3, -0.25) is 0 Å². The maximum Gasteiger partial charge on any atom is 0.140 e. The van der Waals surface area contributed by atoms with Crippen molar-refractivity contribution < 1.29 is 0 Å². The van der Waals surface area contributed by atoms with Crippen LogP contribution in [0.25, 0.3) is 0 Å². The summed E-state index contributed by atoms with van der Waals surface area (Å²) in [7, 11) is 0. The number of unbranched alkanes of at least 4 members (excludes halogenated alkanes) is 2. The fourth-order valence-electron chi connectivity index (χ4n) is 1.42. The molecule has 0 aliphatic carbocycles. The Morgan fingerprint density at radius 3 is 2.87 bits per heavy atom. The van der Waals surface area contributed by atoms with Crippen LogP contribution in [0.4, 0.5) is 0 Å². The van der Waals surface area contributed by atoms with E-state index in [0.717, 1.165) is 18.9 Å². The van der Waals surface area contributed by atoms with Crippen LogP contribution < -0.4 is 5.32 Å². The number of nitrogens with zero attached hydrogens (tertiary/aromatic N) is 3. The molecule has 0 aliphatic rings. The lowest BCUT2D eigenvalue weighted by molar-refractivity contribution is 0.498. The first-order chi connectivity index (χ1) is 7.24. The van der Waals surface area contributed by atoms with Gasteiger partial charge in [0.05, 0.1) is 6.54 Å². The van der Waals surface area contributed by atoms with Gasteiger partial charge in [0.1, 0.15) is 12.2 Å². The van der Waals surface area contributed by atoms with E-state index in [1.807, 2.05) is 4.68 Å². The molecule has 0 radical (unpaired) electrons. The second-order valence-electron chi connectivity index (χ2n) is 4.14. The lowest BCUT2D eigenvalue weighted by Crippen LogP contribution is -2.24. The van der Waals surface area contributed by atoms with Crippen molar-refractivity contribution in [2.45, 2.75) is 59.2 Å². The van der Waals surface area contributed by atoms with Gasteiger partial charge in [-0.1, -0.05) is 33.6 Å². The Kier molecular flexibility index (Phi) is 5.32. The van der Waals surface area contributed by atoms with Crippen LogP contribution in [0, 0.1) is 0 Å². The molecule has 0 aliphatic heterocycles. The molecule has 1 rings (SSSR count). The Bertz CT molecular complexity index is 267. The van der Waals surface area contributed by atoms with Crippen LogP contribution in [0.15, 0.2) is 6.33 Å². The zero-order valence-electron chi connectivity index (χ0n) is 10.0. The fourth-order valence-corrected chi connectivity index (χ4v) is 1.42. The Labute approximate surface area is 92.1 Å². The molecule has 0 unspecified atom stereocenters. The third kappa shape index (κ3) is 4.42. The van der Waals surface area contributed by atoms with Crippen molar-refractivity contribution in [1.82, 2.24) is 20.1 Å². The van der Waals surface area contributed by atoms with Crippen molar-refractivity contribution in [3.8, 4) is 0 Å². The van der Waals surface area contributed by atoms with Gasteiger partial charge in [-0.15, -0.1) is 0 Å². The third-order valence-electron chi connectivity index (χ3n) is 2.34. The maximum absolute atomic E-state index is 4.26. The van der Waals surface area contributed by atoms with E-state index in [4.69, 9.17) is 0 Å². The Morgan fingerprint density at radius 1 is 1.40 bits per heavy atom. The van der Waals surface area contributed by atoms with Crippen molar-refractivity contribution in [2.75, 3.05) is 0 Å². The van der Waals surface area contributed by atoms with Gasteiger partial charge < -0.3 is 5.32 Å². The van der Waals surface area contributed by atoms with Gasteiger partial charge in [0.25, 0.3) is 0 Å². The van der Waals surface area contributed by atoms with Crippen LogP contribution in [-0.4, -0.2) is 20.8 Å². The minimum Gasteiger partial charge on any atom is -0.308 e. The summed E-state index contributed by atoms with van der Waals surface area (Å²) in [5.41, 5.74) is 0. The van der Waals surface area contributed by atoms with E-state index in [2.05, 4.69) is 36.2 Å². The number of hydrogen-bond donors (Lipinski definition) is 1. The first kappa shape index (κ1) is 12.2. The van der Waals surface area contributed by atoms with Crippen LogP contribution in [0.1, 0.15) is 45.9 Å². The van der Waals surface area contributed by atoms with Crippen molar-refractivity contribution in [3.05, 3.63) is 12.2 Å². The molecule has 1 aromatic heterocycles. The molecule has 1 aromatic rings. The highest BCUT2D eigenvalue weighted by Gasteiger charge is 2.03. The van der Waals surface area contributed by atoms with Gasteiger partial charge in [0.15, 0.2) is 0 Å². The summed E-state index contributed by atoms with van der Waals surface area (Å²) < 4.78 is 2.00.